The molecule has 1 heterocycles. The third kappa shape index (κ3) is 3.62. The highest BCUT2D eigenvalue weighted by Crippen LogP contribution is 2.33. The number of nitrogens with zero attached hydrogens (tertiary/aromatic N) is 1. The summed E-state index contributed by atoms with van der Waals surface area (Å²) in [7, 11) is -3.72. The SMILES string of the molecule is CC1=C(c2ccc(C(C)C)cc2)S(=O)(=O)N=C1Nc1ccc(Cl)cc1. The van der Waals surface area contributed by atoms with Crippen molar-refractivity contribution in [3.63, 3.8) is 0 Å². The minimum Gasteiger partial charge on any atom is -0.339 e. The Kier molecular flexibility index (Phi) is 4.71. The molecule has 6 heteroatoms. The lowest BCUT2D eigenvalue weighted by Crippen LogP contribution is -2.11. The topological polar surface area (TPSA) is 58.5 Å². The van der Waals surface area contributed by atoms with Gasteiger partial charge in [-0.05, 0) is 48.2 Å². The second-order valence-corrected chi connectivity index (χ2v) is 8.26. The highest BCUT2D eigenvalue weighted by Gasteiger charge is 2.31. The average molecular weight is 375 g/mol. The Balaban J connectivity index is 1.96. The van der Waals surface area contributed by atoms with Gasteiger partial charge in [-0.1, -0.05) is 49.7 Å². The molecule has 130 valence electrons. The molecule has 0 amide bonds. The van der Waals surface area contributed by atoms with Crippen LogP contribution in [0.15, 0.2) is 58.5 Å². The van der Waals surface area contributed by atoms with Crippen molar-refractivity contribution in [1.29, 1.82) is 0 Å². The highest BCUT2D eigenvalue weighted by atomic mass is 35.5. The van der Waals surface area contributed by atoms with E-state index in [0.29, 0.717) is 27.9 Å². The lowest BCUT2D eigenvalue weighted by Gasteiger charge is -2.09. The number of benzene rings is 2. The van der Waals surface area contributed by atoms with Crippen molar-refractivity contribution in [1.82, 2.24) is 0 Å². The monoisotopic (exact) mass is 374 g/mol. The molecule has 0 radical (unpaired) electrons. The van der Waals surface area contributed by atoms with Gasteiger partial charge in [0.2, 0.25) is 0 Å². The summed E-state index contributed by atoms with van der Waals surface area (Å²) in [6, 6.07) is 14.6. The molecule has 25 heavy (non-hydrogen) atoms. The normalized spacial score (nSPS) is 16.3. The van der Waals surface area contributed by atoms with E-state index in [9.17, 15) is 8.42 Å². The van der Waals surface area contributed by atoms with Crippen LogP contribution in [0, 0.1) is 0 Å². The van der Waals surface area contributed by atoms with Gasteiger partial charge in [0.15, 0.2) is 0 Å². The molecule has 0 aliphatic carbocycles. The summed E-state index contributed by atoms with van der Waals surface area (Å²) in [5, 5.41) is 3.67. The molecule has 0 saturated carbocycles. The van der Waals surface area contributed by atoms with Crippen molar-refractivity contribution in [3.8, 4) is 0 Å². The van der Waals surface area contributed by atoms with Crippen LogP contribution in [0.3, 0.4) is 0 Å². The van der Waals surface area contributed by atoms with Crippen molar-refractivity contribution < 1.29 is 8.42 Å². The number of hydrogen-bond donors (Lipinski definition) is 1. The smallest absolute Gasteiger partial charge is 0.285 e. The molecule has 0 saturated heterocycles. The molecule has 2 aromatic carbocycles. The molecule has 1 aliphatic heterocycles. The molecule has 0 spiro atoms. The van der Waals surface area contributed by atoms with Crippen molar-refractivity contribution in [2.45, 2.75) is 26.7 Å². The molecule has 0 bridgehead atoms. The summed E-state index contributed by atoms with van der Waals surface area (Å²) < 4.78 is 29.0. The van der Waals surface area contributed by atoms with E-state index in [4.69, 9.17) is 11.6 Å². The van der Waals surface area contributed by atoms with Gasteiger partial charge < -0.3 is 5.32 Å². The zero-order chi connectivity index (χ0) is 18.2. The molecule has 4 nitrogen and oxygen atoms in total. The van der Waals surface area contributed by atoms with Gasteiger partial charge in [-0.25, -0.2) is 0 Å². The minimum atomic E-state index is -3.72. The van der Waals surface area contributed by atoms with Crippen molar-refractivity contribution in [3.05, 3.63) is 70.3 Å². The average Bonchev–Trinajstić information content (AvgIpc) is 2.78. The quantitative estimate of drug-likeness (QED) is 0.817. The van der Waals surface area contributed by atoms with Crippen LogP contribution in [-0.4, -0.2) is 14.3 Å². The number of rotatable bonds is 3. The number of amidine groups is 1. The third-order valence-electron chi connectivity index (χ3n) is 4.11. The van der Waals surface area contributed by atoms with Gasteiger partial charge in [0, 0.05) is 16.3 Å². The van der Waals surface area contributed by atoms with Gasteiger partial charge in [-0.15, -0.1) is 4.40 Å². The molecular weight excluding hydrogens is 356 g/mol. The fourth-order valence-corrected chi connectivity index (χ4v) is 4.26. The van der Waals surface area contributed by atoms with Gasteiger partial charge in [0.25, 0.3) is 10.0 Å². The Hall–Kier alpha value is -2.11. The first-order chi connectivity index (χ1) is 11.8. The summed E-state index contributed by atoms with van der Waals surface area (Å²) in [4.78, 5) is 0.249. The Morgan fingerprint density at radius 1 is 1.00 bits per heavy atom. The predicted octanol–water partition coefficient (Wildman–Crippen LogP) is 5.05. The number of sulfonamides is 1. The van der Waals surface area contributed by atoms with Crippen LogP contribution in [0.4, 0.5) is 5.69 Å². The second kappa shape index (κ2) is 6.65. The highest BCUT2D eigenvalue weighted by molar-refractivity contribution is 8.00. The van der Waals surface area contributed by atoms with E-state index in [1.165, 1.54) is 0 Å². The largest absolute Gasteiger partial charge is 0.339 e. The molecule has 0 fully saturated rings. The van der Waals surface area contributed by atoms with Crippen LogP contribution in [0.1, 0.15) is 37.8 Å². The van der Waals surface area contributed by atoms with Crippen molar-refractivity contribution >= 4 is 38.1 Å². The first-order valence-electron chi connectivity index (χ1n) is 7.97. The van der Waals surface area contributed by atoms with E-state index >= 15 is 0 Å². The summed E-state index contributed by atoms with van der Waals surface area (Å²) in [6.07, 6.45) is 0. The van der Waals surface area contributed by atoms with Crippen LogP contribution in [0.25, 0.3) is 4.91 Å². The van der Waals surface area contributed by atoms with Gasteiger partial charge >= 0.3 is 0 Å². The maximum Gasteiger partial charge on any atom is 0.285 e. The Labute approximate surface area is 153 Å². The molecule has 2 aromatic rings. The van der Waals surface area contributed by atoms with Gasteiger partial charge in [0.05, 0.1) is 0 Å². The summed E-state index contributed by atoms with van der Waals surface area (Å²) in [6.45, 7) is 5.96. The first-order valence-corrected chi connectivity index (χ1v) is 9.79. The van der Waals surface area contributed by atoms with Crippen LogP contribution in [0.5, 0.6) is 0 Å². The number of nitrogens with one attached hydrogen (secondary N) is 1. The van der Waals surface area contributed by atoms with Crippen LogP contribution < -0.4 is 5.32 Å². The van der Waals surface area contributed by atoms with E-state index in [-0.39, 0.29) is 4.91 Å². The first kappa shape index (κ1) is 17.7. The lowest BCUT2D eigenvalue weighted by molar-refractivity contribution is 0.608. The summed E-state index contributed by atoms with van der Waals surface area (Å²) >= 11 is 5.88. The van der Waals surface area contributed by atoms with Crippen LogP contribution >= 0.6 is 11.6 Å². The zero-order valence-corrected chi connectivity index (χ0v) is 15.8. The molecule has 1 aliphatic rings. The Morgan fingerprint density at radius 2 is 1.60 bits per heavy atom. The van der Waals surface area contributed by atoms with Crippen molar-refractivity contribution in [2.24, 2.45) is 4.40 Å². The Morgan fingerprint density at radius 3 is 2.16 bits per heavy atom. The van der Waals surface area contributed by atoms with E-state index < -0.39 is 10.0 Å². The molecule has 0 atom stereocenters. The van der Waals surface area contributed by atoms with E-state index in [0.717, 1.165) is 11.3 Å². The zero-order valence-electron chi connectivity index (χ0n) is 14.2. The second-order valence-electron chi connectivity index (χ2n) is 6.28. The predicted molar refractivity (Wildman–Crippen MR) is 105 cm³/mol. The van der Waals surface area contributed by atoms with Crippen molar-refractivity contribution in [2.75, 3.05) is 5.32 Å². The third-order valence-corrected chi connectivity index (χ3v) is 5.84. The molecule has 0 unspecified atom stereocenters. The maximum absolute atomic E-state index is 12.5. The number of anilines is 1. The molecule has 3 rings (SSSR count). The lowest BCUT2D eigenvalue weighted by atomic mass is 10.0. The van der Waals surface area contributed by atoms with Gasteiger partial charge in [0.1, 0.15) is 10.7 Å². The van der Waals surface area contributed by atoms with Gasteiger partial charge in [-0.3, -0.25) is 0 Å². The van der Waals surface area contributed by atoms with E-state index in [1.807, 2.05) is 24.3 Å². The number of halogens is 1. The molecular formula is C19H19ClN2O2S. The van der Waals surface area contributed by atoms with E-state index in [1.54, 1.807) is 31.2 Å². The maximum atomic E-state index is 12.5. The minimum absolute atomic E-state index is 0.249. The fourth-order valence-electron chi connectivity index (χ4n) is 2.71. The summed E-state index contributed by atoms with van der Waals surface area (Å²) in [5.74, 6) is 0.730. The van der Waals surface area contributed by atoms with Gasteiger partial charge in [-0.2, -0.15) is 8.42 Å². The Bertz CT molecular complexity index is 957. The summed E-state index contributed by atoms with van der Waals surface area (Å²) in [5.41, 5.74) is 3.15. The molecule has 1 N–H and O–H groups in total. The van der Waals surface area contributed by atoms with Crippen LogP contribution in [-0.2, 0) is 10.0 Å². The number of hydrogen-bond acceptors (Lipinski definition) is 3. The fraction of sp³-hybridized carbons (Fsp3) is 0.211. The van der Waals surface area contributed by atoms with Crippen LogP contribution in [0.2, 0.25) is 5.02 Å². The molecule has 0 aromatic heterocycles. The van der Waals surface area contributed by atoms with E-state index in [2.05, 4.69) is 23.6 Å². The standard InChI is InChI=1S/C19H19ClN2O2S/c1-12(2)14-4-6-15(7-5-14)18-13(3)19(22-25(18,23)24)21-17-10-8-16(20)9-11-17/h4-12H,1-3H3,(H,21,22).